The van der Waals surface area contributed by atoms with E-state index in [1.165, 1.54) is 6.07 Å². The van der Waals surface area contributed by atoms with Crippen LogP contribution in [0, 0.1) is 6.92 Å². The first-order valence-electron chi connectivity index (χ1n) is 4.99. The molecule has 0 bridgehead atoms. The van der Waals surface area contributed by atoms with Gasteiger partial charge in [-0.15, -0.1) is 0 Å². The second-order valence-corrected chi connectivity index (χ2v) is 3.74. The molecule has 0 amide bonds. The highest BCUT2D eigenvalue weighted by molar-refractivity contribution is 5.91. The number of hydrogen-bond donors (Lipinski definition) is 4. The summed E-state index contributed by atoms with van der Waals surface area (Å²) >= 11 is 0. The Kier molecular flexibility index (Phi) is 3.87. The Morgan fingerprint density at radius 2 is 2.12 bits per heavy atom. The van der Waals surface area contributed by atoms with E-state index in [1.807, 2.05) is 0 Å². The van der Waals surface area contributed by atoms with Crippen molar-refractivity contribution in [3.8, 4) is 5.75 Å². The average Bonchev–Trinajstić information content (AvgIpc) is 2.20. The summed E-state index contributed by atoms with van der Waals surface area (Å²) in [5.41, 5.74) is 12.2. The van der Waals surface area contributed by atoms with E-state index in [9.17, 15) is 9.90 Å². The van der Waals surface area contributed by atoms with Crippen molar-refractivity contribution in [3.05, 3.63) is 28.8 Å². The van der Waals surface area contributed by atoms with Crippen LogP contribution in [-0.4, -0.2) is 22.7 Å². The summed E-state index contributed by atoms with van der Waals surface area (Å²) in [7, 11) is 0. The van der Waals surface area contributed by atoms with Crippen LogP contribution in [0.1, 0.15) is 33.9 Å². The molecule has 1 aromatic rings. The first kappa shape index (κ1) is 12.5. The lowest BCUT2D eigenvalue weighted by atomic mass is 9.97. The summed E-state index contributed by atoms with van der Waals surface area (Å²) in [6.07, 6.45) is 0.496. The third-order valence-electron chi connectivity index (χ3n) is 2.39. The summed E-state index contributed by atoms with van der Waals surface area (Å²) in [4.78, 5) is 10.9. The lowest BCUT2D eigenvalue weighted by Crippen LogP contribution is -2.16. The number of carboxylic acids is 1. The van der Waals surface area contributed by atoms with E-state index < -0.39 is 12.0 Å². The Labute approximate surface area is 93.7 Å². The van der Waals surface area contributed by atoms with Crippen LogP contribution in [0.25, 0.3) is 0 Å². The lowest BCUT2D eigenvalue weighted by Gasteiger charge is -2.15. The molecule has 0 heterocycles. The number of carboxylic acid groups (broad SMARTS) is 1. The smallest absolute Gasteiger partial charge is 0.339 e. The van der Waals surface area contributed by atoms with E-state index in [1.54, 1.807) is 13.0 Å². The fourth-order valence-electron chi connectivity index (χ4n) is 1.59. The number of aromatic hydroxyl groups is 1. The van der Waals surface area contributed by atoms with Gasteiger partial charge in [-0.1, -0.05) is 6.07 Å². The third-order valence-corrected chi connectivity index (χ3v) is 2.39. The number of hydrogen-bond acceptors (Lipinski definition) is 4. The molecule has 1 rings (SSSR count). The normalized spacial score (nSPS) is 12.4. The highest BCUT2D eigenvalue weighted by atomic mass is 16.4. The van der Waals surface area contributed by atoms with Crippen molar-refractivity contribution < 1.29 is 15.0 Å². The maximum Gasteiger partial charge on any atom is 0.339 e. The molecule has 88 valence electrons. The molecule has 16 heavy (non-hydrogen) atoms. The standard InChI is InChI=1S/C11H16N2O3/c1-6-4-7(9(13)2-3-12)10(14)8(5-6)11(15)16/h4-5,9,14H,2-3,12-13H2,1H3,(H,15,16)/t9-/m0/s1. The average molecular weight is 224 g/mol. The van der Waals surface area contributed by atoms with E-state index in [4.69, 9.17) is 16.6 Å². The van der Waals surface area contributed by atoms with Crippen LogP contribution in [0.2, 0.25) is 0 Å². The number of carbonyl (C=O) groups is 1. The lowest BCUT2D eigenvalue weighted by molar-refractivity contribution is 0.0693. The maximum atomic E-state index is 10.9. The predicted molar refractivity (Wildman–Crippen MR) is 60.4 cm³/mol. The number of phenols is 1. The number of aryl methyl sites for hydroxylation is 1. The molecule has 0 saturated heterocycles. The van der Waals surface area contributed by atoms with Crippen molar-refractivity contribution in [2.75, 3.05) is 6.54 Å². The first-order chi connectivity index (χ1) is 7.47. The van der Waals surface area contributed by atoms with Crippen molar-refractivity contribution in [2.24, 2.45) is 11.5 Å². The molecule has 0 spiro atoms. The summed E-state index contributed by atoms with van der Waals surface area (Å²) in [6, 6.07) is 2.65. The molecule has 0 unspecified atom stereocenters. The second kappa shape index (κ2) is 4.96. The summed E-state index contributed by atoms with van der Waals surface area (Å²) in [5, 5.41) is 18.7. The Balaban J connectivity index is 3.23. The van der Waals surface area contributed by atoms with Gasteiger partial charge in [-0.3, -0.25) is 0 Å². The van der Waals surface area contributed by atoms with Crippen molar-refractivity contribution in [2.45, 2.75) is 19.4 Å². The highest BCUT2D eigenvalue weighted by Gasteiger charge is 2.18. The zero-order valence-electron chi connectivity index (χ0n) is 9.10. The van der Waals surface area contributed by atoms with Gasteiger partial charge in [0.1, 0.15) is 11.3 Å². The van der Waals surface area contributed by atoms with Crippen molar-refractivity contribution in [1.82, 2.24) is 0 Å². The number of aromatic carboxylic acids is 1. The molecule has 5 heteroatoms. The fraction of sp³-hybridized carbons (Fsp3) is 0.364. The molecular weight excluding hydrogens is 208 g/mol. The zero-order chi connectivity index (χ0) is 12.3. The first-order valence-corrected chi connectivity index (χ1v) is 4.99. The molecule has 5 nitrogen and oxygen atoms in total. The monoisotopic (exact) mass is 224 g/mol. The van der Waals surface area contributed by atoms with E-state index in [2.05, 4.69) is 0 Å². The third kappa shape index (κ3) is 2.50. The quantitative estimate of drug-likeness (QED) is 0.603. The number of rotatable bonds is 4. The van der Waals surface area contributed by atoms with Gasteiger partial charge in [0.05, 0.1) is 0 Å². The minimum atomic E-state index is -1.16. The predicted octanol–water partition coefficient (Wildman–Crippen LogP) is 0.747. The molecule has 0 aliphatic rings. The zero-order valence-corrected chi connectivity index (χ0v) is 9.10. The topological polar surface area (TPSA) is 110 Å². The number of benzene rings is 1. The molecule has 1 atom stereocenters. The van der Waals surface area contributed by atoms with Crippen molar-refractivity contribution in [1.29, 1.82) is 0 Å². The van der Waals surface area contributed by atoms with Crippen LogP contribution in [0.4, 0.5) is 0 Å². The molecule has 0 aromatic heterocycles. The Morgan fingerprint density at radius 3 is 2.62 bits per heavy atom. The second-order valence-electron chi connectivity index (χ2n) is 3.74. The van der Waals surface area contributed by atoms with E-state index in [0.29, 0.717) is 18.5 Å². The van der Waals surface area contributed by atoms with E-state index in [-0.39, 0.29) is 11.3 Å². The molecule has 0 aliphatic carbocycles. The molecule has 0 fully saturated rings. The van der Waals surface area contributed by atoms with Gasteiger partial charge in [0.25, 0.3) is 0 Å². The minimum Gasteiger partial charge on any atom is -0.507 e. The van der Waals surface area contributed by atoms with Crippen molar-refractivity contribution in [3.63, 3.8) is 0 Å². The molecule has 6 N–H and O–H groups in total. The molecular formula is C11H16N2O3. The van der Waals surface area contributed by atoms with Crippen LogP contribution in [0.5, 0.6) is 5.75 Å². The van der Waals surface area contributed by atoms with Gasteiger partial charge in [-0.05, 0) is 31.5 Å². The van der Waals surface area contributed by atoms with Gasteiger partial charge in [0.15, 0.2) is 0 Å². The van der Waals surface area contributed by atoms with Gasteiger partial charge in [0.2, 0.25) is 0 Å². The minimum absolute atomic E-state index is 0.123. The van der Waals surface area contributed by atoms with Gasteiger partial charge < -0.3 is 21.7 Å². The number of nitrogens with two attached hydrogens (primary N) is 2. The Morgan fingerprint density at radius 1 is 1.50 bits per heavy atom. The van der Waals surface area contributed by atoms with Crippen LogP contribution in [0.3, 0.4) is 0 Å². The van der Waals surface area contributed by atoms with Crippen LogP contribution in [0.15, 0.2) is 12.1 Å². The highest BCUT2D eigenvalue weighted by Crippen LogP contribution is 2.29. The van der Waals surface area contributed by atoms with Crippen molar-refractivity contribution >= 4 is 5.97 Å². The summed E-state index contributed by atoms with van der Waals surface area (Å²) in [6.45, 7) is 2.14. The molecule has 1 aromatic carbocycles. The fourth-order valence-corrected chi connectivity index (χ4v) is 1.59. The molecule has 0 saturated carbocycles. The summed E-state index contributed by atoms with van der Waals surface area (Å²) in [5.74, 6) is -1.43. The van der Waals surface area contributed by atoms with Crippen LogP contribution in [-0.2, 0) is 0 Å². The van der Waals surface area contributed by atoms with Crippen LogP contribution >= 0.6 is 0 Å². The van der Waals surface area contributed by atoms with Crippen LogP contribution < -0.4 is 11.5 Å². The molecule has 0 aliphatic heterocycles. The summed E-state index contributed by atoms with van der Waals surface area (Å²) < 4.78 is 0. The Hall–Kier alpha value is -1.59. The largest absolute Gasteiger partial charge is 0.507 e. The van der Waals surface area contributed by atoms with Gasteiger partial charge in [-0.25, -0.2) is 4.79 Å². The van der Waals surface area contributed by atoms with E-state index in [0.717, 1.165) is 5.56 Å². The van der Waals surface area contributed by atoms with E-state index >= 15 is 0 Å². The maximum absolute atomic E-state index is 10.9. The SMILES string of the molecule is Cc1cc(C(=O)O)c(O)c([C@@H](N)CCN)c1. The van der Waals surface area contributed by atoms with Gasteiger partial charge in [-0.2, -0.15) is 0 Å². The molecule has 0 radical (unpaired) electrons. The van der Waals surface area contributed by atoms with Gasteiger partial charge in [0, 0.05) is 11.6 Å². The Bertz CT molecular complexity index is 404. The van der Waals surface area contributed by atoms with Gasteiger partial charge >= 0.3 is 5.97 Å².